The van der Waals surface area contributed by atoms with Gasteiger partial charge < -0.3 is 10.1 Å². The van der Waals surface area contributed by atoms with Gasteiger partial charge in [-0.25, -0.2) is 0 Å². The van der Waals surface area contributed by atoms with E-state index in [1.807, 2.05) is 0 Å². The Labute approximate surface area is 114 Å². The Hall–Kier alpha value is -0.900. The molecule has 3 aliphatic heterocycles. The van der Waals surface area contributed by atoms with Crippen LogP contribution in [-0.4, -0.2) is 43.7 Å². The molecule has 0 amide bonds. The van der Waals surface area contributed by atoms with Gasteiger partial charge in [-0.1, -0.05) is 24.3 Å². The zero-order valence-electron chi connectivity index (χ0n) is 11.3. The van der Waals surface area contributed by atoms with Crippen LogP contribution in [0, 0.1) is 5.92 Å². The first kappa shape index (κ1) is 11.9. The van der Waals surface area contributed by atoms with E-state index in [2.05, 4.69) is 34.5 Å². The number of fused-ring (bicyclic) bond motifs is 2. The lowest BCUT2D eigenvalue weighted by Gasteiger charge is -2.29. The highest BCUT2D eigenvalue weighted by molar-refractivity contribution is 5.31. The maximum atomic E-state index is 6.03. The Balaban J connectivity index is 1.47. The van der Waals surface area contributed by atoms with Crippen LogP contribution in [-0.2, 0) is 11.2 Å². The predicted molar refractivity (Wildman–Crippen MR) is 75.2 cm³/mol. The lowest BCUT2D eigenvalue weighted by molar-refractivity contribution is 0.0194. The van der Waals surface area contributed by atoms with Crippen LogP contribution in [0.3, 0.4) is 0 Å². The molecule has 0 aromatic heterocycles. The topological polar surface area (TPSA) is 24.5 Å². The van der Waals surface area contributed by atoms with Crippen molar-refractivity contribution in [3.63, 3.8) is 0 Å². The zero-order chi connectivity index (χ0) is 12.7. The highest BCUT2D eigenvalue weighted by Gasteiger charge is 2.37. The predicted octanol–water partition coefficient (Wildman–Crippen LogP) is 1.59. The maximum Gasteiger partial charge on any atom is 0.0954 e. The van der Waals surface area contributed by atoms with E-state index in [-0.39, 0.29) is 6.10 Å². The summed E-state index contributed by atoms with van der Waals surface area (Å²) in [5.74, 6) is 0.874. The van der Waals surface area contributed by atoms with Crippen molar-refractivity contribution >= 4 is 0 Å². The van der Waals surface area contributed by atoms with Gasteiger partial charge in [-0.15, -0.1) is 0 Å². The van der Waals surface area contributed by atoms with Crippen molar-refractivity contribution < 1.29 is 4.74 Å². The molecule has 3 atom stereocenters. The van der Waals surface area contributed by atoms with Crippen LogP contribution >= 0.6 is 0 Å². The molecule has 3 aliphatic rings. The first-order valence-corrected chi connectivity index (χ1v) is 7.55. The van der Waals surface area contributed by atoms with E-state index >= 15 is 0 Å². The third-order valence-corrected chi connectivity index (χ3v) is 4.95. The van der Waals surface area contributed by atoms with Gasteiger partial charge in [0.2, 0.25) is 0 Å². The summed E-state index contributed by atoms with van der Waals surface area (Å²) in [6, 6.07) is 9.52. The van der Waals surface area contributed by atoms with Crippen LogP contribution in [0.25, 0.3) is 0 Å². The van der Waals surface area contributed by atoms with E-state index in [0.717, 1.165) is 31.5 Å². The van der Waals surface area contributed by atoms with Gasteiger partial charge in [-0.05, 0) is 36.4 Å². The summed E-state index contributed by atoms with van der Waals surface area (Å²) in [4.78, 5) is 2.59. The van der Waals surface area contributed by atoms with E-state index in [0.29, 0.717) is 0 Å². The molecule has 0 radical (unpaired) electrons. The summed E-state index contributed by atoms with van der Waals surface area (Å²) in [5, 5.41) is 3.62. The fourth-order valence-corrected chi connectivity index (χ4v) is 3.95. The third-order valence-electron chi connectivity index (χ3n) is 4.95. The fourth-order valence-electron chi connectivity index (χ4n) is 3.95. The minimum atomic E-state index is 0.281. The minimum Gasteiger partial charge on any atom is -0.372 e. The number of likely N-dealkylation sites (tertiary alicyclic amines) is 1. The molecular weight excluding hydrogens is 236 g/mol. The van der Waals surface area contributed by atoms with Crippen molar-refractivity contribution in [2.24, 2.45) is 5.92 Å². The number of rotatable bonds is 2. The van der Waals surface area contributed by atoms with E-state index < -0.39 is 0 Å². The molecule has 3 heterocycles. The van der Waals surface area contributed by atoms with Gasteiger partial charge in [0.15, 0.2) is 0 Å². The van der Waals surface area contributed by atoms with Crippen molar-refractivity contribution in [1.82, 2.24) is 10.2 Å². The van der Waals surface area contributed by atoms with Crippen LogP contribution in [0.2, 0.25) is 0 Å². The molecule has 1 aromatic carbocycles. The summed E-state index contributed by atoms with van der Waals surface area (Å²) < 4.78 is 6.03. The summed E-state index contributed by atoms with van der Waals surface area (Å²) in [6.07, 6.45) is 2.70. The van der Waals surface area contributed by atoms with Gasteiger partial charge in [-0.2, -0.15) is 0 Å². The van der Waals surface area contributed by atoms with Gasteiger partial charge in [-0.3, -0.25) is 4.90 Å². The van der Waals surface area contributed by atoms with Crippen LogP contribution in [0.4, 0.5) is 0 Å². The highest BCUT2D eigenvalue weighted by atomic mass is 16.5. The molecular formula is C16H22N2O. The van der Waals surface area contributed by atoms with E-state index in [9.17, 15) is 0 Å². The third kappa shape index (κ3) is 2.20. The van der Waals surface area contributed by atoms with Crippen LogP contribution < -0.4 is 5.32 Å². The van der Waals surface area contributed by atoms with Crippen LogP contribution in [0.15, 0.2) is 24.3 Å². The van der Waals surface area contributed by atoms with Crippen molar-refractivity contribution in [2.75, 3.05) is 32.8 Å². The molecule has 0 saturated carbocycles. The van der Waals surface area contributed by atoms with Gasteiger partial charge >= 0.3 is 0 Å². The molecule has 3 heteroatoms. The molecule has 0 aliphatic carbocycles. The van der Waals surface area contributed by atoms with Gasteiger partial charge in [0.25, 0.3) is 0 Å². The molecule has 0 spiro atoms. The first-order chi connectivity index (χ1) is 9.40. The molecule has 1 unspecified atom stereocenters. The lowest BCUT2D eigenvalue weighted by Crippen LogP contribution is -2.34. The Kier molecular flexibility index (Phi) is 3.06. The van der Waals surface area contributed by atoms with Gasteiger partial charge in [0.05, 0.1) is 12.7 Å². The largest absolute Gasteiger partial charge is 0.372 e. The Morgan fingerprint density at radius 3 is 3.16 bits per heavy atom. The number of hydrogen-bond donors (Lipinski definition) is 1. The number of ether oxygens (including phenoxy) is 1. The Morgan fingerprint density at radius 1 is 1.26 bits per heavy atom. The highest BCUT2D eigenvalue weighted by Crippen LogP contribution is 2.31. The quantitative estimate of drug-likeness (QED) is 0.872. The Morgan fingerprint density at radius 2 is 2.21 bits per heavy atom. The molecule has 2 fully saturated rings. The monoisotopic (exact) mass is 258 g/mol. The smallest absolute Gasteiger partial charge is 0.0954 e. The summed E-state index contributed by atoms with van der Waals surface area (Å²) in [7, 11) is 0. The summed E-state index contributed by atoms with van der Waals surface area (Å²) in [6.45, 7) is 5.60. The first-order valence-electron chi connectivity index (χ1n) is 7.55. The standard InChI is InChI=1S/C16H22N2O/c1-2-4-14-12(3-1)6-8-19-16(14)11-18-9-13-5-7-17-15(13)10-18/h1-4,13,15-17H,5-11H2/t13-,15+,16?/m0/s1. The number of nitrogens with one attached hydrogen (secondary N) is 1. The SMILES string of the molecule is c1ccc2c(c1)CCOC2CN1C[C@@H]2CCN[C@@H]2C1. The minimum absolute atomic E-state index is 0.281. The normalized spacial score (nSPS) is 34.2. The number of nitrogens with zero attached hydrogens (tertiary/aromatic N) is 1. The van der Waals surface area contributed by atoms with E-state index in [1.54, 1.807) is 0 Å². The summed E-state index contributed by atoms with van der Waals surface area (Å²) >= 11 is 0. The van der Waals surface area contributed by atoms with E-state index in [1.165, 1.54) is 37.2 Å². The fraction of sp³-hybridized carbons (Fsp3) is 0.625. The van der Waals surface area contributed by atoms with Crippen molar-refractivity contribution in [2.45, 2.75) is 25.0 Å². The average molecular weight is 258 g/mol. The Bertz CT molecular complexity index is 450. The molecule has 1 aromatic rings. The summed E-state index contributed by atoms with van der Waals surface area (Å²) in [5.41, 5.74) is 2.90. The average Bonchev–Trinajstić information content (AvgIpc) is 3.00. The second kappa shape index (κ2) is 4.89. The second-order valence-corrected chi connectivity index (χ2v) is 6.14. The number of benzene rings is 1. The molecule has 102 valence electrons. The van der Waals surface area contributed by atoms with Crippen molar-refractivity contribution in [3.05, 3.63) is 35.4 Å². The lowest BCUT2D eigenvalue weighted by atomic mass is 9.97. The van der Waals surface area contributed by atoms with Gasteiger partial charge in [0.1, 0.15) is 0 Å². The van der Waals surface area contributed by atoms with E-state index in [4.69, 9.17) is 4.74 Å². The molecule has 19 heavy (non-hydrogen) atoms. The molecule has 0 bridgehead atoms. The molecule has 2 saturated heterocycles. The molecule has 4 rings (SSSR count). The van der Waals surface area contributed by atoms with Gasteiger partial charge in [0, 0.05) is 25.7 Å². The maximum absolute atomic E-state index is 6.03. The molecule has 3 nitrogen and oxygen atoms in total. The van der Waals surface area contributed by atoms with Crippen LogP contribution in [0.1, 0.15) is 23.7 Å². The number of hydrogen-bond acceptors (Lipinski definition) is 3. The van der Waals surface area contributed by atoms with Crippen molar-refractivity contribution in [3.8, 4) is 0 Å². The van der Waals surface area contributed by atoms with Crippen LogP contribution in [0.5, 0.6) is 0 Å². The molecule has 1 N–H and O–H groups in total. The second-order valence-electron chi connectivity index (χ2n) is 6.14. The zero-order valence-corrected chi connectivity index (χ0v) is 11.3. The van der Waals surface area contributed by atoms with Crippen molar-refractivity contribution in [1.29, 1.82) is 0 Å².